The van der Waals surface area contributed by atoms with Crippen LogP contribution in [0.5, 0.6) is 5.75 Å². The molecule has 7 heteroatoms. The van der Waals surface area contributed by atoms with Crippen molar-refractivity contribution in [3.8, 4) is 5.75 Å². The van der Waals surface area contributed by atoms with Gasteiger partial charge in [0.15, 0.2) is 0 Å². The van der Waals surface area contributed by atoms with Crippen LogP contribution < -0.4 is 15.4 Å². The van der Waals surface area contributed by atoms with E-state index in [1.165, 1.54) is 0 Å². The Labute approximate surface area is 172 Å². The number of carbonyl (C=O) groups is 2. The molecular weight excluding hydrogens is 390 g/mol. The van der Waals surface area contributed by atoms with Gasteiger partial charge in [0, 0.05) is 28.0 Å². The van der Waals surface area contributed by atoms with Crippen LogP contribution >= 0.6 is 11.6 Å². The van der Waals surface area contributed by atoms with Gasteiger partial charge in [-0.2, -0.15) is 0 Å². The van der Waals surface area contributed by atoms with Crippen LogP contribution in [0.15, 0.2) is 72.4 Å². The van der Waals surface area contributed by atoms with Crippen molar-refractivity contribution in [3.05, 3.63) is 88.6 Å². The number of nitrogens with zero attached hydrogens (tertiary/aromatic N) is 1. The molecule has 0 atom stereocenters. The molecule has 2 amide bonds. The maximum absolute atomic E-state index is 12.6. The van der Waals surface area contributed by atoms with Gasteiger partial charge < -0.3 is 15.4 Å². The Hall–Kier alpha value is -3.64. The van der Waals surface area contributed by atoms with E-state index in [4.69, 9.17) is 16.3 Å². The highest BCUT2D eigenvalue weighted by Crippen LogP contribution is 2.29. The van der Waals surface area contributed by atoms with Crippen LogP contribution in [0.2, 0.25) is 5.02 Å². The topological polar surface area (TPSA) is 80.3 Å². The van der Waals surface area contributed by atoms with Crippen LogP contribution in [0.25, 0.3) is 6.08 Å². The van der Waals surface area contributed by atoms with E-state index in [0.29, 0.717) is 33.4 Å². The van der Waals surface area contributed by atoms with Gasteiger partial charge in [0.2, 0.25) is 0 Å². The SMILES string of the molecule is O=C(Nc1cccc(C(=O)Nc2ccccn2)c1)C1=Cc2cc(Cl)ccc2OC1. The summed E-state index contributed by atoms with van der Waals surface area (Å²) in [7, 11) is 0. The number of nitrogens with one attached hydrogen (secondary N) is 2. The molecule has 2 heterocycles. The average molecular weight is 406 g/mol. The third-order valence-corrected chi connectivity index (χ3v) is 4.50. The van der Waals surface area contributed by atoms with Gasteiger partial charge in [0.05, 0.1) is 5.57 Å². The lowest BCUT2D eigenvalue weighted by molar-refractivity contribution is -0.113. The second kappa shape index (κ2) is 8.16. The molecule has 2 N–H and O–H groups in total. The molecule has 1 aliphatic rings. The Morgan fingerprint density at radius 1 is 0.966 bits per heavy atom. The Balaban J connectivity index is 1.48. The molecule has 0 saturated carbocycles. The number of halogens is 1. The fourth-order valence-electron chi connectivity index (χ4n) is 2.85. The summed E-state index contributed by atoms with van der Waals surface area (Å²) in [6, 6.07) is 17.2. The third kappa shape index (κ3) is 4.44. The van der Waals surface area contributed by atoms with Crippen molar-refractivity contribution in [3.63, 3.8) is 0 Å². The molecule has 0 saturated heterocycles. The highest BCUT2D eigenvalue weighted by molar-refractivity contribution is 6.30. The first kappa shape index (κ1) is 18.7. The molecular formula is C22H16ClN3O3. The lowest BCUT2D eigenvalue weighted by atomic mass is 10.1. The number of aromatic nitrogens is 1. The van der Waals surface area contributed by atoms with Gasteiger partial charge in [0.25, 0.3) is 11.8 Å². The maximum Gasteiger partial charge on any atom is 0.256 e. The lowest BCUT2D eigenvalue weighted by Crippen LogP contribution is -2.21. The van der Waals surface area contributed by atoms with Gasteiger partial charge in [-0.1, -0.05) is 23.7 Å². The molecule has 0 aliphatic carbocycles. The summed E-state index contributed by atoms with van der Waals surface area (Å²) in [5, 5.41) is 6.08. The molecule has 2 aromatic carbocycles. The predicted molar refractivity (Wildman–Crippen MR) is 112 cm³/mol. The normalized spacial score (nSPS) is 12.2. The molecule has 3 aromatic rings. The van der Waals surface area contributed by atoms with Gasteiger partial charge >= 0.3 is 0 Å². The zero-order chi connectivity index (χ0) is 20.2. The number of carbonyl (C=O) groups excluding carboxylic acids is 2. The van der Waals surface area contributed by atoms with E-state index < -0.39 is 0 Å². The lowest BCUT2D eigenvalue weighted by Gasteiger charge is -2.18. The largest absolute Gasteiger partial charge is 0.488 e. The van der Waals surface area contributed by atoms with Crippen molar-refractivity contribution in [2.24, 2.45) is 0 Å². The predicted octanol–water partition coefficient (Wildman–Crippen LogP) is 4.40. The number of pyridine rings is 1. The molecule has 0 fully saturated rings. The van der Waals surface area contributed by atoms with E-state index in [0.717, 1.165) is 5.56 Å². The van der Waals surface area contributed by atoms with Crippen LogP contribution in [0, 0.1) is 0 Å². The summed E-state index contributed by atoms with van der Waals surface area (Å²) in [5.41, 5.74) is 2.11. The number of amides is 2. The first-order valence-corrected chi connectivity index (χ1v) is 9.23. The van der Waals surface area contributed by atoms with Crippen LogP contribution in [-0.2, 0) is 4.79 Å². The van der Waals surface area contributed by atoms with Crippen molar-refractivity contribution in [2.75, 3.05) is 17.2 Å². The first-order chi connectivity index (χ1) is 14.1. The summed E-state index contributed by atoms with van der Waals surface area (Å²) >= 11 is 6.01. The Bertz CT molecular complexity index is 1110. The smallest absolute Gasteiger partial charge is 0.256 e. The molecule has 1 aromatic heterocycles. The number of rotatable bonds is 4. The second-order valence-corrected chi connectivity index (χ2v) is 6.78. The van der Waals surface area contributed by atoms with E-state index >= 15 is 0 Å². The van der Waals surface area contributed by atoms with Gasteiger partial charge in [0.1, 0.15) is 18.2 Å². The molecule has 6 nitrogen and oxygen atoms in total. The summed E-state index contributed by atoms with van der Waals surface area (Å²) in [6.45, 7) is 0.153. The molecule has 1 aliphatic heterocycles. The number of hydrogen-bond donors (Lipinski definition) is 2. The fourth-order valence-corrected chi connectivity index (χ4v) is 3.03. The minimum absolute atomic E-state index is 0.153. The minimum Gasteiger partial charge on any atom is -0.488 e. The molecule has 144 valence electrons. The van der Waals surface area contributed by atoms with Crippen LogP contribution in [-0.4, -0.2) is 23.4 Å². The van der Waals surface area contributed by atoms with Gasteiger partial charge in [-0.3, -0.25) is 9.59 Å². The zero-order valence-corrected chi connectivity index (χ0v) is 15.9. The van der Waals surface area contributed by atoms with Crippen LogP contribution in [0.1, 0.15) is 15.9 Å². The van der Waals surface area contributed by atoms with Crippen molar-refractivity contribution in [2.45, 2.75) is 0 Å². The van der Waals surface area contributed by atoms with Crippen molar-refractivity contribution >= 4 is 41.0 Å². The van der Waals surface area contributed by atoms with Gasteiger partial charge in [-0.05, 0) is 54.6 Å². The van der Waals surface area contributed by atoms with Crippen molar-refractivity contribution in [1.29, 1.82) is 0 Å². The summed E-state index contributed by atoms with van der Waals surface area (Å²) < 4.78 is 5.62. The van der Waals surface area contributed by atoms with Crippen molar-refractivity contribution in [1.82, 2.24) is 4.98 Å². The molecule has 0 unspecified atom stereocenters. The Morgan fingerprint density at radius 2 is 1.86 bits per heavy atom. The highest BCUT2D eigenvalue weighted by atomic mass is 35.5. The second-order valence-electron chi connectivity index (χ2n) is 6.34. The molecule has 0 radical (unpaired) electrons. The van der Waals surface area contributed by atoms with Crippen molar-refractivity contribution < 1.29 is 14.3 Å². The van der Waals surface area contributed by atoms with E-state index in [-0.39, 0.29) is 18.4 Å². The van der Waals surface area contributed by atoms with E-state index in [2.05, 4.69) is 15.6 Å². The maximum atomic E-state index is 12.6. The number of hydrogen-bond acceptors (Lipinski definition) is 4. The standard InChI is InChI=1S/C22H16ClN3O3/c23-17-7-8-19-15(11-17)10-16(13-29-19)22(28)25-18-5-3-4-14(12-18)21(27)26-20-6-1-2-9-24-20/h1-12H,13H2,(H,25,28)(H,24,26,27). The molecule has 0 spiro atoms. The van der Waals surface area contributed by atoms with Gasteiger partial charge in [-0.15, -0.1) is 0 Å². The van der Waals surface area contributed by atoms with Crippen LogP contribution in [0.4, 0.5) is 11.5 Å². The number of anilines is 2. The number of ether oxygens (including phenoxy) is 1. The number of fused-ring (bicyclic) bond motifs is 1. The summed E-state index contributed by atoms with van der Waals surface area (Å²) in [5.74, 6) is 0.509. The third-order valence-electron chi connectivity index (χ3n) is 4.27. The fraction of sp³-hybridized carbons (Fsp3) is 0.0455. The van der Waals surface area contributed by atoms with Gasteiger partial charge in [-0.25, -0.2) is 4.98 Å². The zero-order valence-electron chi connectivity index (χ0n) is 15.2. The first-order valence-electron chi connectivity index (χ1n) is 8.85. The number of benzene rings is 2. The molecule has 0 bridgehead atoms. The van der Waals surface area contributed by atoms with E-state index in [1.54, 1.807) is 72.9 Å². The highest BCUT2D eigenvalue weighted by Gasteiger charge is 2.18. The quantitative estimate of drug-likeness (QED) is 0.674. The Kier molecular flexibility index (Phi) is 5.27. The van der Waals surface area contributed by atoms with E-state index in [9.17, 15) is 9.59 Å². The Morgan fingerprint density at radius 3 is 2.69 bits per heavy atom. The van der Waals surface area contributed by atoms with E-state index in [1.807, 2.05) is 0 Å². The molecule has 29 heavy (non-hydrogen) atoms. The summed E-state index contributed by atoms with van der Waals surface area (Å²) in [4.78, 5) is 29.1. The summed E-state index contributed by atoms with van der Waals surface area (Å²) in [6.07, 6.45) is 3.34. The van der Waals surface area contributed by atoms with Crippen LogP contribution in [0.3, 0.4) is 0 Å². The monoisotopic (exact) mass is 405 g/mol. The average Bonchev–Trinajstić information content (AvgIpc) is 2.74. The minimum atomic E-state index is -0.316. The molecule has 4 rings (SSSR count).